The second kappa shape index (κ2) is 6.96. The van der Waals surface area contributed by atoms with E-state index in [2.05, 4.69) is 13.2 Å². The molecule has 0 aliphatic rings. The van der Waals surface area contributed by atoms with Crippen LogP contribution < -0.4 is 0 Å². The zero-order chi connectivity index (χ0) is 11.0. The number of hydrogen-bond acceptors (Lipinski definition) is 1. The van der Waals surface area contributed by atoms with Crippen LogP contribution in [0.25, 0.3) is 0 Å². The van der Waals surface area contributed by atoms with Gasteiger partial charge in [0.25, 0.3) is 0 Å². The highest BCUT2D eigenvalue weighted by atomic mass is 15.1. The zero-order valence-electron chi connectivity index (χ0n) is 9.33. The Labute approximate surface area is 87.4 Å². The predicted octanol–water partition coefficient (Wildman–Crippen LogP) is 3.65. The highest BCUT2D eigenvalue weighted by Crippen LogP contribution is 2.03. The lowest BCUT2D eigenvalue weighted by atomic mass is 10.3. The van der Waals surface area contributed by atoms with Gasteiger partial charge in [-0.05, 0) is 26.0 Å². The molecule has 0 aromatic carbocycles. The van der Waals surface area contributed by atoms with Crippen LogP contribution in [0.2, 0.25) is 0 Å². The van der Waals surface area contributed by atoms with Crippen molar-refractivity contribution < 1.29 is 0 Å². The van der Waals surface area contributed by atoms with Crippen LogP contribution in [0, 0.1) is 0 Å². The fourth-order valence-electron chi connectivity index (χ4n) is 0.742. The third kappa shape index (κ3) is 6.06. The zero-order valence-corrected chi connectivity index (χ0v) is 9.33. The van der Waals surface area contributed by atoms with Crippen LogP contribution in [0.15, 0.2) is 61.0 Å². The summed E-state index contributed by atoms with van der Waals surface area (Å²) in [6, 6.07) is 0. The normalized spacial score (nSPS) is 11.6. The molecule has 0 atom stereocenters. The Morgan fingerprint density at radius 2 is 1.79 bits per heavy atom. The minimum atomic E-state index is 0.939. The fourth-order valence-corrected chi connectivity index (χ4v) is 0.742. The molecule has 0 aromatic rings. The predicted molar refractivity (Wildman–Crippen MR) is 64.8 cm³/mol. The monoisotopic (exact) mass is 189 g/mol. The van der Waals surface area contributed by atoms with Gasteiger partial charge in [0.05, 0.1) is 0 Å². The molecular formula is C13H19N. The van der Waals surface area contributed by atoms with Gasteiger partial charge in [0.1, 0.15) is 0 Å². The molecule has 0 bridgehead atoms. The van der Waals surface area contributed by atoms with Crippen molar-refractivity contribution in [3.8, 4) is 0 Å². The fraction of sp³-hybridized carbons (Fsp3) is 0.231. The van der Waals surface area contributed by atoms with Gasteiger partial charge in [-0.2, -0.15) is 0 Å². The smallest absolute Gasteiger partial charge is 0.0330 e. The van der Waals surface area contributed by atoms with Gasteiger partial charge in [-0.15, -0.1) is 0 Å². The van der Waals surface area contributed by atoms with Crippen LogP contribution in [0.1, 0.15) is 13.8 Å². The van der Waals surface area contributed by atoms with Gasteiger partial charge in [-0.3, -0.25) is 0 Å². The molecule has 0 rings (SSSR count). The van der Waals surface area contributed by atoms with Crippen LogP contribution >= 0.6 is 0 Å². The van der Waals surface area contributed by atoms with E-state index in [0.29, 0.717) is 0 Å². The molecule has 0 aliphatic carbocycles. The maximum atomic E-state index is 3.93. The van der Waals surface area contributed by atoms with E-state index >= 15 is 0 Å². The summed E-state index contributed by atoms with van der Waals surface area (Å²) in [5, 5.41) is 0. The summed E-state index contributed by atoms with van der Waals surface area (Å²) in [6.07, 6.45) is 11.8. The largest absolute Gasteiger partial charge is 0.352 e. The van der Waals surface area contributed by atoms with Crippen LogP contribution in [0.4, 0.5) is 0 Å². The summed E-state index contributed by atoms with van der Waals surface area (Å²) in [6.45, 7) is 11.7. The molecule has 0 saturated carbocycles. The van der Waals surface area contributed by atoms with Crippen molar-refractivity contribution in [2.45, 2.75) is 13.8 Å². The third-order valence-electron chi connectivity index (χ3n) is 1.63. The third-order valence-corrected chi connectivity index (χ3v) is 1.63. The molecule has 0 spiro atoms. The molecule has 0 amide bonds. The second-order valence-corrected chi connectivity index (χ2v) is 3.15. The van der Waals surface area contributed by atoms with Crippen molar-refractivity contribution in [3.63, 3.8) is 0 Å². The summed E-state index contributed by atoms with van der Waals surface area (Å²) in [5.74, 6) is 0. The Kier molecular flexibility index (Phi) is 6.21. The molecule has 0 fully saturated rings. The molecule has 0 radical (unpaired) electrons. The van der Waals surface area contributed by atoms with Crippen molar-refractivity contribution in [2.24, 2.45) is 0 Å². The molecule has 0 N–H and O–H groups in total. The minimum absolute atomic E-state index is 0.939. The Morgan fingerprint density at radius 3 is 2.29 bits per heavy atom. The van der Waals surface area contributed by atoms with Gasteiger partial charge >= 0.3 is 0 Å². The van der Waals surface area contributed by atoms with Crippen molar-refractivity contribution in [2.75, 3.05) is 7.05 Å². The van der Waals surface area contributed by atoms with Crippen LogP contribution in [0.3, 0.4) is 0 Å². The summed E-state index contributed by atoms with van der Waals surface area (Å²) in [4.78, 5) is 1.96. The van der Waals surface area contributed by atoms with E-state index in [4.69, 9.17) is 0 Å². The highest BCUT2D eigenvalue weighted by molar-refractivity contribution is 5.23. The molecule has 0 saturated heterocycles. The van der Waals surface area contributed by atoms with Crippen molar-refractivity contribution in [1.29, 1.82) is 0 Å². The van der Waals surface area contributed by atoms with Crippen LogP contribution in [-0.4, -0.2) is 11.9 Å². The molecule has 1 nitrogen and oxygen atoms in total. The quantitative estimate of drug-likeness (QED) is 0.597. The van der Waals surface area contributed by atoms with E-state index in [1.807, 2.05) is 62.4 Å². The maximum Gasteiger partial charge on any atom is 0.0330 e. The van der Waals surface area contributed by atoms with Gasteiger partial charge in [0.15, 0.2) is 0 Å². The number of allylic oxidation sites excluding steroid dienone is 6. The molecule has 0 aliphatic heterocycles. The van der Waals surface area contributed by atoms with Crippen molar-refractivity contribution >= 4 is 0 Å². The first kappa shape index (κ1) is 12.5. The Bertz CT molecular complexity index is 280. The van der Waals surface area contributed by atoms with Crippen molar-refractivity contribution in [3.05, 3.63) is 61.0 Å². The first-order valence-electron chi connectivity index (χ1n) is 4.62. The lowest BCUT2D eigenvalue weighted by Gasteiger charge is -2.13. The average molecular weight is 189 g/mol. The second-order valence-electron chi connectivity index (χ2n) is 3.15. The molecule has 14 heavy (non-hydrogen) atoms. The van der Waals surface area contributed by atoms with Crippen molar-refractivity contribution in [1.82, 2.24) is 4.90 Å². The van der Waals surface area contributed by atoms with Crippen LogP contribution in [0.5, 0.6) is 0 Å². The molecule has 0 heterocycles. The van der Waals surface area contributed by atoms with Gasteiger partial charge in [0, 0.05) is 18.9 Å². The average Bonchev–Trinajstić information content (AvgIpc) is 2.14. The molecule has 0 unspecified atom stereocenters. The van der Waals surface area contributed by atoms with E-state index < -0.39 is 0 Å². The van der Waals surface area contributed by atoms with E-state index in [-0.39, 0.29) is 0 Å². The van der Waals surface area contributed by atoms with Gasteiger partial charge in [-0.1, -0.05) is 37.0 Å². The summed E-state index contributed by atoms with van der Waals surface area (Å²) >= 11 is 0. The first-order valence-corrected chi connectivity index (χ1v) is 4.62. The Hall–Kier alpha value is -1.50. The maximum absolute atomic E-state index is 3.93. The number of hydrogen-bond donors (Lipinski definition) is 0. The van der Waals surface area contributed by atoms with E-state index in [9.17, 15) is 0 Å². The van der Waals surface area contributed by atoms with E-state index in [1.54, 1.807) is 0 Å². The summed E-state index contributed by atoms with van der Waals surface area (Å²) < 4.78 is 0. The molecular weight excluding hydrogens is 170 g/mol. The lowest BCUT2D eigenvalue weighted by Crippen LogP contribution is -2.06. The minimum Gasteiger partial charge on any atom is -0.352 e. The van der Waals surface area contributed by atoms with E-state index in [1.165, 1.54) is 0 Å². The molecule has 0 aromatic heterocycles. The molecule has 1 heteroatoms. The number of likely N-dealkylation sites (N-methyl/N-ethyl adjacent to an activating group) is 1. The SMILES string of the molecule is C=C(C)C=CC(=C)N(C)C=CC=CC. The van der Waals surface area contributed by atoms with Crippen LogP contribution in [-0.2, 0) is 0 Å². The number of rotatable bonds is 5. The van der Waals surface area contributed by atoms with E-state index in [0.717, 1.165) is 11.3 Å². The first-order chi connectivity index (χ1) is 6.57. The van der Waals surface area contributed by atoms with Gasteiger partial charge in [0.2, 0.25) is 0 Å². The topological polar surface area (TPSA) is 3.24 Å². The highest BCUT2D eigenvalue weighted by Gasteiger charge is 1.91. The Morgan fingerprint density at radius 1 is 1.14 bits per heavy atom. The summed E-state index contributed by atoms with van der Waals surface area (Å²) in [5.41, 5.74) is 1.96. The lowest BCUT2D eigenvalue weighted by molar-refractivity contribution is 0.591. The van der Waals surface area contributed by atoms with Gasteiger partial charge < -0.3 is 4.90 Å². The Balaban J connectivity index is 4.19. The van der Waals surface area contributed by atoms with Gasteiger partial charge in [-0.25, -0.2) is 0 Å². The summed E-state index contributed by atoms with van der Waals surface area (Å²) in [7, 11) is 1.96. The standard InChI is InChI=1S/C13H19N/c1-6-7-8-11-14(5)13(4)10-9-12(2)3/h6-11H,2,4H2,1,3,5H3. The number of nitrogens with zero attached hydrogens (tertiary/aromatic N) is 1. The molecule has 76 valence electrons.